The Bertz CT molecular complexity index is 1550. The number of sulfone groups is 1. The summed E-state index contributed by atoms with van der Waals surface area (Å²) in [4.78, 5) is 8.97. The predicted molar refractivity (Wildman–Crippen MR) is 157 cm³/mol. The van der Waals surface area contributed by atoms with Crippen molar-refractivity contribution in [3.63, 3.8) is 0 Å². The molecule has 4 fully saturated rings. The Hall–Kier alpha value is -2.93. The van der Waals surface area contributed by atoms with Crippen LogP contribution >= 0.6 is 11.6 Å². The minimum atomic E-state index is -3.64. The molecule has 11 nitrogen and oxygen atoms in total. The zero-order valence-electron chi connectivity index (χ0n) is 23.6. The van der Waals surface area contributed by atoms with Gasteiger partial charge in [-0.3, -0.25) is 4.68 Å². The molecule has 3 atom stereocenters. The first kappa shape index (κ1) is 28.2. The molecule has 3 aliphatic heterocycles. The third kappa shape index (κ3) is 5.88. The number of fused-ring (bicyclic) bond motifs is 4. The first-order chi connectivity index (χ1) is 19.6. The van der Waals surface area contributed by atoms with Crippen LogP contribution in [0.4, 0.5) is 23.1 Å². The van der Waals surface area contributed by atoms with Gasteiger partial charge >= 0.3 is 0 Å². The number of ether oxygens (including phenoxy) is 2. The van der Waals surface area contributed by atoms with Gasteiger partial charge in [-0.1, -0.05) is 11.6 Å². The minimum absolute atomic E-state index is 0.0571. The fourth-order valence-electron chi connectivity index (χ4n) is 5.49. The number of nitrogens with zero attached hydrogens (tertiary/aromatic N) is 4. The zero-order valence-corrected chi connectivity index (χ0v) is 25.2. The van der Waals surface area contributed by atoms with E-state index >= 15 is 0 Å². The van der Waals surface area contributed by atoms with E-state index in [1.165, 1.54) is 22.0 Å². The van der Waals surface area contributed by atoms with Gasteiger partial charge in [-0.15, -0.1) is 0 Å². The smallest absolute Gasteiger partial charge is 0.229 e. The molecule has 4 aliphatic rings. The highest BCUT2D eigenvalue weighted by Gasteiger charge is 2.36. The zero-order chi connectivity index (χ0) is 28.9. The Labute approximate surface area is 245 Å². The van der Waals surface area contributed by atoms with Gasteiger partial charge in [0.2, 0.25) is 20.8 Å². The van der Waals surface area contributed by atoms with Crippen LogP contribution in [0.15, 0.2) is 29.6 Å². The molecule has 3 unspecified atom stereocenters. The van der Waals surface area contributed by atoms with Crippen molar-refractivity contribution in [2.75, 3.05) is 30.3 Å². The molecule has 3 aromatic rings. The fourth-order valence-corrected chi connectivity index (χ4v) is 6.73. The molecule has 220 valence electrons. The quantitative estimate of drug-likeness (QED) is 0.322. The summed E-state index contributed by atoms with van der Waals surface area (Å²) in [7, 11) is -1.98. The molecule has 1 saturated carbocycles. The molecule has 13 heteroatoms. The lowest BCUT2D eigenvalue weighted by molar-refractivity contribution is -0.00460. The van der Waals surface area contributed by atoms with Gasteiger partial charge in [-0.25, -0.2) is 13.4 Å². The van der Waals surface area contributed by atoms with E-state index < -0.39 is 15.1 Å². The number of aromatic nitrogens is 4. The van der Waals surface area contributed by atoms with Crippen LogP contribution in [-0.2, 0) is 21.6 Å². The Morgan fingerprint density at radius 2 is 2.00 bits per heavy atom. The molecule has 5 heterocycles. The summed E-state index contributed by atoms with van der Waals surface area (Å²) in [5, 5.41) is 13.6. The number of halogens is 1. The van der Waals surface area contributed by atoms with Gasteiger partial charge < -0.3 is 25.4 Å². The van der Waals surface area contributed by atoms with Crippen LogP contribution in [0.2, 0.25) is 5.02 Å². The standard InChI is InChI=1S/C28H36ClN7O4S/c1-15(2)41(37,38)27-24(13-36(4)35-27)32-26-22(29)12-31-28(34-26)33-23-7-16(3)20(9-25(23)40-18-5-6-18)21-8-19-11-30-10-17(21)14-39-19/h7,9,12-13,15,17-19,21,30H,5-6,8,10-11,14H2,1-4H3,(H2,31,32,33,34). The van der Waals surface area contributed by atoms with Crippen molar-refractivity contribution < 1.29 is 17.9 Å². The maximum atomic E-state index is 12.9. The third-order valence-corrected chi connectivity index (χ3v) is 10.3. The Balaban J connectivity index is 1.30. The van der Waals surface area contributed by atoms with Crippen molar-refractivity contribution >= 4 is 44.6 Å². The maximum Gasteiger partial charge on any atom is 0.229 e. The Kier molecular flexibility index (Phi) is 7.60. The molecule has 1 aromatic carbocycles. The number of hydrogen-bond acceptors (Lipinski definition) is 10. The average Bonchev–Trinajstić information content (AvgIpc) is 3.73. The molecule has 7 rings (SSSR count). The van der Waals surface area contributed by atoms with Gasteiger partial charge in [0, 0.05) is 32.3 Å². The topological polar surface area (TPSA) is 132 Å². The predicted octanol–water partition coefficient (Wildman–Crippen LogP) is 4.47. The van der Waals surface area contributed by atoms with Crippen LogP contribution in [0.5, 0.6) is 5.75 Å². The van der Waals surface area contributed by atoms with Crippen LogP contribution in [0.1, 0.15) is 50.2 Å². The molecule has 2 bridgehead atoms. The molecule has 0 amide bonds. The van der Waals surface area contributed by atoms with Gasteiger partial charge in [0.05, 0.1) is 41.6 Å². The Morgan fingerprint density at radius 1 is 1.20 bits per heavy atom. The second-order valence-electron chi connectivity index (χ2n) is 11.5. The molecular formula is C28H36ClN7O4S. The molecule has 1 aliphatic carbocycles. The van der Waals surface area contributed by atoms with Crippen LogP contribution in [0, 0.1) is 12.8 Å². The minimum Gasteiger partial charge on any atom is -0.488 e. The van der Waals surface area contributed by atoms with Crippen molar-refractivity contribution in [2.24, 2.45) is 13.0 Å². The third-order valence-electron chi connectivity index (χ3n) is 7.92. The highest BCUT2D eigenvalue weighted by Crippen LogP contribution is 2.43. The number of nitrogens with one attached hydrogen (secondary N) is 3. The van der Waals surface area contributed by atoms with Crippen molar-refractivity contribution in [3.05, 3.63) is 40.7 Å². The van der Waals surface area contributed by atoms with Crippen LogP contribution in [0.25, 0.3) is 0 Å². The molecule has 2 aromatic heterocycles. The van der Waals surface area contributed by atoms with Crippen LogP contribution in [-0.4, -0.2) is 65.3 Å². The summed E-state index contributed by atoms with van der Waals surface area (Å²) in [6, 6.07) is 4.27. The number of aryl methyl sites for hydroxylation is 2. The SMILES string of the molecule is Cc1cc(Nc2ncc(Cl)c(Nc3cn(C)nc3S(=O)(=O)C(C)C)n2)c(OC2CC2)cc1C1CC2CNCC1CO2. The average molecular weight is 602 g/mol. The van der Waals surface area contributed by atoms with E-state index in [9.17, 15) is 8.42 Å². The second-order valence-corrected chi connectivity index (χ2v) is 14.3. The second kappa shape index (κ2) is 11.0. The normalized spacial score (nSPS) is 22.5. The van der Waals surface area contributed by atoms with E-state index in [2.05, 4.69) is 50.1 Å². The number of benzene rings is 1. The fraction of sp³-hybridized carbons (Fsp3) is 0.536. The number of hydrogen-bond donors (Lipinski definition) is 3. The molecule has 0 radical (unpaired) electrons. The van der Waals surface area contributed by atoms with E-state index in [0.29, 0.717) is 23.5 Å². The molecule has 41 heavy (non-hydrogen) atoms. The summed E-state index contributed by atoms with van der Waals surface area (Å²) in [6.45, 7) is 7.98. The van der Waals surface area contributed by atoms with E-state index in [1.54, 1.807) is 27.1 Å². The van der Waals surface area contributed by atoms with Gasteiger partial charge in [0.15, 0.2) is 5.82 Å². The van der Waals surface area contributed by atoms with Crippen molar-refractivity contribution in [1.29, 1.82) is 0 Å². The van der Waals surface area contributed by atoms with Crippen molar-refractivity contribution in [1.82, 2.24) is 25.1 Å². The van der Waals surface area contributed by atoms with Gasteiger partial charge in [0.1, 0.15) is 10.8 Å². The highest BCUT2D eigenvalue weighted by molar-refractivity contribution is 7.92. The number of anilines is 4. The molecule has 3 N–H and O–H groups in total. The van der Waals surface area contributed by atoms with Gasteiger partial charge in [-0.05, 0) is 69.2 Å². The van der Waals surface area contributed by atoms with Crippen LogP contribution < -0.4 is 20.7 Å². The summed E-state index contributed by atoms with van der Waals surface area (Å²) >= 11 is 6.44. The first-order valence-corrected chi connectivity index (χ1v) is 16.0. The molecule has 0 spiro atoms. The van der Waals surface area contributed by atoms with Gasteiger partial charge in [0.25, 0.3) is 0 Å². The van der Waals surface area contributed by atoms with E-state index in [1.807, 2.05) is 0 Å². The molecular weight excluding hydrogens is 566 g/mol. The lowest BCUT2D eigenvalue weighted by Crippen LogP contribution is -2.31. The Morgan fingerprint density at radius 3 is 2.76 bits per heavy atom. The van der Waals surface area contributed by atoms with Crippen LogP contribution in [0.3, 0.4) is 0 Å². The monoisotopic (exact) mass is 601 g/mol. The molecule has 3 saturated heterocycles. The van der Waals surface area contributed by atoms with Crippen molar-refractivity contribution in [3.8, 4) is 5.75 Å². The van der Waals surface area contributed by atoms with E-state index in [4.69, 9.17) is 21.1 Å². The summed E-state index contributed by atoms with van der Waals surface area (Å²) in [6.07, 6.45) is 6.56. The largest absolute Gasteiger partial charge is 0.488 e. The first-order valence-electron chi connectivity index (χ1n) is 14.1. The lowest BCUT2D eigenvalue weighted by Gasteiger charge is -2.34. The number of rotatable bonds is 9. The summed E-state index contributed by atoms with van der Waals surface area (Å²) in [5.74, 6) is 2.15. The summed E-state index contributed by atoms with van der Waals surface area (Å²) in [5.41, 5.74) is 3.52. The van der Waals surface area contributed by atoms with E-state index in [-0.39, 0.29) is 28.1 Å². The van der Waals surface area contributed by atoms with Crippen molar-refractivity contribution in [2.45, 2.75) is 68.4 Å². The summed E-state index contributed by atoms with van der Waals surface area (Å²) < 4.78 is 39.6. The van der Waals surface area contributed by atoms with Gasteiger partial charge in [-0.2, -0.15) is 10.1 Å². The van der Waals surface area contributed by atoms with E-state index in [0.717, 1.165) is 50.4 Å². The lowest BCUT2D eigenvalue weighted by atomic mass is 9.79. The maximum absolute atomic E-state index is 12.9. The highest BCUT2D eigenvalue weighted by atomic mass is 35.5.